The minimum atomic E-state index is -0.257. The summed E-state index contributed by atoms with van der Waals surface area (Å²) in [6.45, 7) is 7.25. The lowest BCUT2D eigenvalue weighted by atomic mass is 9.87. The summed E-state index contributed by atoms with van der Waals surface area (Å²) in [5.41, 5.74) is 3.78. The van der Waals surface area contributed by atoms with Crippen LogP contribution in [0.25, 0.3) is 0 Å². The molecule has 0 aromatic heterocycles. The molecule has 0 aliphatic rings. The highest BCUT2D eigenvalue weighted by atomic mass is 16.5. The van der Waals surface area contributed by atoms with Gasteiger partial charge in [-0.25, -0.2) is 0 Å². The molecule has 0 spiro atoms. The third kappa shape index (κ3) is 6.53. The molecule has 0 fully saturated rings. The van der Waals surface area contributed by atoms with Gasteiger partial charge in [-0.3, -0.25) is 9.59 Å². The van der Waals surface area contributed by atoms with Crippen LogP contribution in [0.4, 0.5) is 0 Å². The molecule has 0 atom stereocenters. The summed E-state index contributed by atoms with van der Waals surface area (Å²) in [4.78, 5) is 24.2. The summed E-state index contributed by atoms with van der Waals surface area (Å²) in [7, 11) is 1.65. The molecule has 0 saturated carbocycles. The van der Waals surface area contributed by atoms with Crippen molar-refractivity contribution in [2.45, 2.75) is 39.3 Å². The highest BCUT2D eigenvalue weighted by molar-refractivity contribution is 5.96. The van der Waals surface area contributed by atoms with Crippen LogP contribution in [0.1, 0.15) is 47.8 Å². The van der Waals surface area contributed by atoms with Gasteiger partial charge in [0.25, 0.3) is 5.91 Å². The Morgan fingerprint density at radius 2 is 1.63 bits per heavy atom. The van der Waals surface area contributed by atoms with E-state index < -0.39 is 0 Å². The van der Waals surface area contributed by atoms with Crippen molar-refractivity contribution in [1.29, 1.82) is 0 Å². The molecule has 2 N–H and O–H groups in total. The van der Waals surface area contributed by atoms with Crippen molar-refractivity contribution in [1.82, 2.24) is 10.6 Å². The molecule has 0 saturated heterocycles. The Bertz CT molecular complexity index is 777. The fourth-order valence-corrected chi connectivity index (χ4v) is 2.64. The summed E-state index contributed by atoms with van der Waals surface area (Å²) in [6.07, 6.45) is 0. The minimum absolute atomic E-state index is 0.0372. The number of methoxy groups -OCH3 is 1. The minimum Gasteiger partial charge on any atom is -0.380 e. The molecular formula is C22H28N2O3. The number of carbonyl (C=O) groups excluding carboxylic acids is 2. The number of hydrogen-bond acceptors (Lipinski definition) is 3. The van der Waals surface area contributed by atoms with Gasteiger partial charge in [-0.1, -0.05) is 57.2 Å². The highest BCUT2D eigenvalue weighted by Gasteiger charge is 2.14. The van der Waals surface area contributed by atoms with Crippen LogP contribution < -0.4 is 10.6 Å². The van der Waals surface area contributed by atoms with Crippen molar-refractivity contribution in [3.8, 4) is 0 Å². The molecule has 0 unspecified atom stereocenters. The van der Waals surface area contributed by atoms with Gasteiger partial charge < -0.3 is 15.4 Å². The maximum absolute atomic E-state index is 12.2. The van der Waals surface area contributed by atoms with Gasteiger partial charge in [0.15, 0.2) is 0 Å². The maximum Gasteiger partial charge on any atom is 0.251 e. The molecule has 2 rings (SSSR count). The van der Waals surface area contributed by atoms with Crippen LogP contribution in [0.3, 0.4) is 0 Å². The molecule has 0 radical (unpaired) electrons. The largest absolute Gasteiger partial charge is 0.380 e. The summed E-state index contributed by atoms with van der Waals surface area (Å²) < 4.78 is 5.11. The van der Waals surface area contributed by atoms with Gasteiger partial charge in [0, 0.05) is 19.2 Å². The van der Waals surface area contributed by atoms with E-state index in [4.69, 9.17) is 4.74 Å². The van der Waals surface area contributed by atoms with Gasteiger partial charge in [-0.2, -0.15) is 0 Å². The lowest BCUT2D eigenvalue weighted by molar-refractivity contribution is -0.120. The average molecular weight is 368 g/mol. The quantitative estimate of drug-likeness (QED) is 0.789. The van der Waals surface area contributed by atoms with Crippen molar-refractivity contribution in [3.63, 3.8) is 0 Å². The number of benzene rings is 2. The number of carbonyl (C=O) groups is 2. The van der Waals surface area contributed by atoms with Crippen LogP contribution in [-0.2, 0) is 28.1 Å². The molecule has 0 aliphatic heterocycles. The predicted octanol–water partition coefficient (Wildman–Crippen LogP) is 3.18. The average Bonchev–Trinajstić information content (AvgIpc) is 2.64. The Morgan fingerprint density at radius 1 is 0.963 bits per heavy atom. The molecule has 27 heavy (non-hydrogen) atoms. The molecule has 0 bridgehead atoms. The Labute approximate surface area is 161 Å². The van der Waals surface area contributed by atoms with E-state index in [1.54, 1.807) is 19.2 Å². The van der Waals surface area contributed by atoms with E-state index in [-0.39, 0.29) is 23.8 Å². The van der Waals surface area contributed by atoms with E-state index in [1.807, 2.05) is 36.4 Å². The summed E-state index contributed by atoms with van der Waals surface area (Å²) in [5.74, 6) is -0.487. The van der Waals surface area contributed by atoms with Crippen LogP contribution in [-0.4, -0.2) is 25.5 Å². The van der Waals surface area contributed by atoms with Gasteiger partial charge in [0.05, 0.1) is 13.2 Å². The van der Waals surface area contributed by atoms with Crippen molar-refractivity contribution in [2.75, 3.05) is 13.7 Å². The van der Waals surface area contributed by atoms with E-state index in [0.717, 1.165) is 16.7 Å². The first kappa shape index (κ1) is 20.6. The third-order valence-corrected chi connectivity index (χ3v) is 4.21. The third-order valence-electron chi connectivity index (χ3n) is 4.21. The fourth-order valence-electron chi connectivity index (χ4n) is 2.64. The molecule has 144 valence electrons. The highest BCUT2D eigenvalue weighted by Crippen LogP contribution is 2.22. The van der Waals surface area contributed by atoms with Crippen LogP contribution >= 0.6 is 0 Å². The van der Waals surface area contributed by atoms with E-state index >= 15 is 0 Å². The molecule has 5 nitrogen and oxygen atoms in total. The standard InChI is InChI=1S/C22H28N2O3/c1-22(2,3)19-10-8-18(9-11-19)21(26)24-14-20(25)23-13-16-6-5-7-17(12-16)15-27-4/h5-12H,13-15H2,1-4H3,(H,23,25)(H,24,26). The maximum atomic E-state index is 12.2. The first-order valence-electron chi connectivity index (χ1n) is 9.02. The monoisotopic (exact) mass is 368 g/mol. The van der Waals surface area contributed by atoms with Crippen molar-refractivity contribution in [3.05, 3.63) is 70.8 Å². The summed E-state index contributed by atoms with van der Waals surface area (Å²) in [5, 5.41) is 5.46. The molecule has 2 amide bonds. The smallest absolute Gasteiger partial charge is 0.251 e. The van der Waals surface area contributed by atoms with Crippen LogP contribution in [0.5, 0.6) is 0 Å². The van der Waals surface area contributed by atoms with Gasteiger partial charge in [0.1, 0.15) is 0 Å². The normalized spacial score (nSPS) is 11.1. The van der Waals surface area contributed by atoms with Gasteiger partial charge in [0.2, 0.25) is 5.91 Å². The first-order valence-corrected chi connectivity index (χ1v) is 9.02. The molecule has 5 heteroatoms. The summed E-state index contributed by atoms with van der Waals surface area (Å²) in [6, 6.07) is 15.3. The van der Waals surface area contributed by atoms with Crippen LogP contribution in [0, 0.1) is 0 Å². The lowest BCUT2D eigenvalue weighted by Gasteiger charge is -2.19. The number of nitrogens with one attached hydrogen (secondary N) is 2. The second-order valence-electron chi connectivity index (χ2n) is 7.54. The Hall–Kier alpha value is -2.66. The van der Waals surface area contributed by atoms with Crippen molar-refractivity contribution in [2.24, 2.45) is 0 Å². The number of amides is 2. The zero-order valence-corrected chi connectivity index (χ0v) is 16.5. The fraction of sp³-hybridized carbons (Fsp3) is 0.364. The zero-order valence-electron chi connectivity index (χ0n) is 16.5. The second-order valence-corrected chi connectivity index (χ2v) is 7.54. The van der Waals surface area contributed by atoms with E-state index in [0.29, 0.717) is 18.7 Å². The summed E-state index contributed by atoms with van der Waals surface area (Å²) >= 11 is 0. The van der Waals surface area contributed by atoms with Crippen molar-refractivity contribution >= 4 is 11.8 Å². The van der Waals surface area contributed by atoms with E-state index in [9.17, 15) is 9.59 Å². The lowest BCUT2D eigenvalue weighted by Crippen LogP contribution is -2.36. The van der Waals surface area contributed by atoms with Crippen LogP contribution in [0.15, 0.2) is 48.5 Å². The van der Waals surface area contributed by atoms with Gasteiger partial charge in [-0.15, -0.1) is 0 Å². The molecular weight excluding hydrogens is 340 g/mol. The number of hydrogen-bond donors (Lipinski definition) is 2. The number of ether oxygens (including phenoxy) is 1. The van der Waals surface area contributed by atoms with Gasteiger partial charge >= 0.3 is 0 Å². The molecule has 0 aliphatic carbocycles. The SMILES string of the molecule is COCc1cccc(CNC(=O)CNC(=O)c2ccc(C(C)(C)C)cc2)c1. The van der Waals surface area contributed by atoms with Crippen molar-refractivity contribution < 1.29 is 14.3 Å². The van der Waals surface area contributed by atoms with E-state index in [1.165, 1.54) is 0 Å². The first-order chi connectivity index (χ1) is 12.8. The number of rotatable bonds is 7. The van der Waals surface area contributed by atoms with E-state index in [2.05, 4.69) is 31.4 Å². The topological polar surface area (TPSA) is 67.4 Å². The predicted molar refractivity (Wildman–Crippen MR) is 106 cm³/mol. The van der Waals surface area contributed by atoms with Crippen LogP contribution in [0.2, 0.25) is 0 Å². The second kappa shape index (κ2) is 9.33. The molecule has 2 aromatic rings. The van der Waals surface area contributed by atoms with Gasteiger partial charge in [-0.05, 0) is 34.2 Å². The zero-order chi connectivity index (χ0) is 19.9. The Kier molecular flexibility index (Phi) is 7.13. The molecule has 2 aromatic carbocycles. The Balaban J connectivity index is 1.81. The Morgan fingerprint density at radius 3 is 2.26 bits per heavy atom. The molecule has 0 heterocycles.